The number of nitrogens with one attached hydrogen (secondary N) is 1. The number of amides is 3. The van der Waals surface area contributed by atoms with Crippen LogP contribution in [-0.4, -0.2) is 42.2 Å². The number of carbonyl (C=O) groups excluding carboxylic acids is 3. The zero-order chi connectivity index (χ0) is 22.5. The Kier molecular flexibility index (Phi) is 7.02. The Labute approximate surface area is 185 Å². The number of anilines is 1. The highest BCUT2D eigenvalue weighted by Crippen LogP contribution is 2.37. The molecule has 8 heteroatoms. The van der Waals surface area contributed by atoms with Crippen molar-refractivity contribution in [3.05, 3.63) is 58.0 Å². The summed E-state index contributed by atoms with van der Waals surface area (Å²) in [6.07, 6.45) is 1.58. The van der Waals surface area contributed by atoms with Crippen molar-refractivity contribution < 1.29 is 23.9 Å². The van der Waals surface area contributed by atoms with Crippen LogP contribution in [0.25, 0.3) is 6.08 Å². The van der Waals surface area contributed by atoms with Crippen LogP contribution in [0.1, 0.15) is 23.6 Å². The van der Waals surface area contributed by atoms with E-state index in [9.17, 15) is 14.4 Å². The molecule has 0 aromatic heterocycles. The van der Waals surface area contributed by atoms with Crippen LogP contribution < -0.4 is 14.8 Å². The van der Waals surface area contributed by atoms with Crippen LogP contribution >= 0.6 is 11.8 Å². The van der Waals surface area contributed by atoms with E-state index in [2.05, 4.69) is 5.32 Å². The van der Waals surface area contributed by atoms with E-state index in [1.807, 2.05) is 32.9 Å². The molecule has 0 aliphatic carbocycles. The summed E-state index contributed by atoms with van der Waals surface area (Å²) in [5, 5.41) is 2.28. The van der Waals surface area contributed by atoms with Crippen molar-refractivity contribution in [2.24, 2.45) is 0 Å². The Hall–Kier alpha value is -3.26. The molecular formula is C23H24N2O5S. The third-order valence-electron chi connectivity index (χ3n) is 4.86. The first-order valence-corrected chi connectivity index (χ1v) is 10.6. The van der Waals surface area contributed by atoms with Crippen molar-refractivity contribution in [1.29, 1.82) is 0 Å². The van der Waals surface area contributed by atoms with Gasteiger partial charge in [-0.25, -0.2) is 0 Å². The maximum atomic E-state index is 12.8. The second kappa shape index (κ2) is 9.70. The maximum Gasteiger partial charge on any atom is 0.294 e. The second-order valence-corrected chi connectivity index (χ2v) is 7.87. The highest BCUT2D eigenvalue weighted by Gasteiger charge is 2.36. The number of rotatable bonds is 7. The minimum atomic E-state index is -0.517. The fourth-order valence-corrected chi connectivity index (χ4v) is 3.93. The van der Waals surface area contributed by atoms with Gasteiger partial charge in [0.1, 0.15) is 6.54 Å². The second-order valence-electron chi connectivity index (χ2n) is 6.88. The van der Waals surface area contributed by atoms with Gasteiger partial charge in [-0.05, 0) is 61.9 Å². The van der Waals surface area contributed by atoms with Crippen LogP contribution in [0.2, 0.25) is 0 Å². The summed E-state index contributed by atoms with van der Waals surface area (Å²) < 4.78 is 11.0. The third-order valence-corrected chi connectivity index (χ3v) is 5.77. The molecule has 0 atom stereocenters. The van der Waals surface area contributed by atoms with Gasteiger partial charge in [0, 0.05) is 11.3 Å². The molecule has 1 N–H and O–H groups in total. The molecule has 3 amide bonds. The summed E-state index contributed by atoms with van der Waals surface area (Å²) in [5.74, 6) is 0.0692. The molecule has 1 aliphatic heterocycles. The first kappa shape index (κ1) is 22.4. The molecule has 2 aromatic rings. The normalized spacial score (nSPS) is 14.8. The number of para-hydroxylation sites is 1. The molecule has 7 nitrogen and oxygen atoms in total. The summed E-state index contributed by atoms with van der Waals surface area (Å²) in [5.41, 5.74) is 3.25. The van der Waals surface area contributed by atoms with Gasteiger partial charge >= 0.3 is 0 Å². The number of imide groups is 1. The molecule has 0 saturated carbocycles. The van der Waals surface area contributed by atoms with Crippen LogP contribution in [0.3, 0.4) is 0 Å². The van der Waals surface area contributed by atoms with E-state index in [0.717, 1.165) is 27.8 Å². The number of carbonyl (C=O) groups is 3. The molecule has 31 heavy (non-hydrogen) atoms. The molecule has 1 aliphatic rings. The van der Waals surface area contributed by atoms with Crippen molar-refractivity contribution in [2.75, 3.05) is 25.6 Å². The first-order chi connectivity index (χ1) is 14.8. The van der Waals surface area contributed by atoms with E-state index in [0.29, 0.717) is 29.4 Å². The van der Waals surface area contributed by atoms with Crippen LogP contribution in [-0.2, 0) is 9.59 Å². The number of hydrogen-bond donors (Lipinski definition) is 1. The van der Waals surface area contributed by atoms with E-state index < -0.39 is 17.1 Å². The van der Waals surface area contributed by atoms with Crippen LogP contribution in [0.15, 0.2) is 41.3 Å². The van der Waals surface area contributed by atoms with Crippen molar-refractivity contribution >= 4 is 40.6 Å². The fraction of sp³-hybridized carbons (Fsp3) is 0.261. The van der Waals surface area contributed by atoms with Gasteiger partial charge in [-0.1, -0.05) is 24.3 Å². The molecule has 0 unspecified atom stereocenters. The molecular weight excluding hydrogens is 416 g/mol. The number of ether oxygens (including phenoxy) is 2. The zero-order valence-electron chi connectivity index (χ0n) is 17.9. The molecule has 1 saturated heterocycles. The summed E-state index contributed by atoms with van der Waals surface area (Å²) in [6, 6.07) is 10.9. The van der Waals surface area contributed by atoms with Crippen LogP contribution in [0, 0.1) is 13.8 Å². The van der Waals surface area contributed by atoms with Crippen LogP contribution in [0.5, 0.6) is 11.5 Å². The topological polar surface area (TPSA) is 84.9 Å². The number of hydrogen-bond acceptors (Lipinski definition) is 6. The monoisotopic (exact) mass is 440 g/mol. The smallest absolute Gasteiger partial charge is 0.294 e. The quantitative estimate of drug-likeness (QED) is 0.643. The Morgan fingerprint density at radius 3 is 2.61 bits per heavy atom. The lowest BCUT2D eigenvalue weighted by atomic mass is 10.1. The number of nitrogens with zero attached hydrogens (tertiary/aromatic N) is 1. The summed E-state index contributed by atoms with van der Waals surface area (Å²) >= 11 is 0.793. The maximum absolute atomic E-state index is 12.8. The summed E-state index contributed by atoms with van der Waals surface area (Å²) in [4.78, 5) is 38.9. The molecule has 1 heterocycles. The van der Waals surface area contributed by atoms with Gasteiger partial charge in [0.15, 0.2) is 11.5 Å². The van der Waals surface area contributed by atoms with Crippen molar-refractivity contribution in [2.45, 2.75) is 20.8 Å². The fourth-order valence-electron chi connectivity index (χ4n) is 3.10. The minimum absolute atomic E-state index is 0.221. The van der Waals surface area contributed by atoms with E-state index >= 15 is 0 Å². The van der Waals surface area contributed by atoms with E-state index in [4.69, 9.17) is 9.47 Å². The number of thioether (sulfide) groups is 1. The Balaban J connectivity index is 1.78. The van der Waals surface area contributed by atoms with Gasteiger partial charge in [-0.2, -0.15) is 0 Å². The van der Waals surface area contributed by atoms with Crippen molar-refractivity contribution in [1.82, 2.24) is 4.90 Å². The van der Waals surface area contributed by atoms with Crippen molar-refractivity contribution in [3.8, 4) is 11.5 Å². The third kappa shape index (κ3) is 4.91. The standard InChI is InChI=1S/C23H24N2O5S/c1-5-30-21-16(9-7-11-18(21)29-4)12-19-22(27)25(23(28)31-19)13-20(26)24-17-10-6-8-14(2)15(17)3/h6-12H,5,13H2,1-4H3,(H,24,26)/b19-12+. The van der Waals surface area contributed by atoms with Gasteiger partial charge < -0.3 is 14.8 Å². The highest BCUT2D eigenvalue weighted by molar-refractivity contribution is 8.18. The molecule has 162 valence electrons. The average molecular weight is 441 g/mol. The average Bonchev–Trinajstić information content (AvgIpc) is 3.00. The van der Waals surface area contributed by atoms with Gasteiger partial charge in [0.2, 0.25) is 5.91 Å². The predicted octanol–water partition coefficient (Wildman–Crippen LogP) is 4.39. The number of benzene rings is 2. The minimum Gasteiger partial charge on any atom is -0.493 e. The highest BCUT2D eigenvalue weighted by atomic mass is 32.2. The van der Waals surface area contributed by atoms with Gasteiger partial charge in [-0.15, -0.1) is 0 Å². The lowest BCUT2D eigenvalue weighted by Crippen LogP contribution is -2.36. The Morgan fingerprint density at radius 1 is 1.16 bits per heavy atom. The summed E-state index contributed by atoms with van der Waals surface area (Å²) in [7, 11) is 1.53. The van der Waals surface area contributed by atoms with Gasteiger partial charge in [-0.3, -0.25) is 19.3 Å². The largest absolute Gasteiger partial charge is 0.493 e. The molecule has 0 bridgehead atoms. The molecule has 0 spiro atoms. The lowest BCUT2D eigenvalue weighted by Gasteiger charge is -2.14. The Bertz CT molecular complexity index is 1060. The number of methoxy groups -OCH3 is 1. The van der Waals surface area contributed by atoms with Crippen molar-refractivity contribution in [3.63, 3.8) is 0 Å². The first-order valence-electron chi connectivity index (χ1n) is 9.77. The van der Waals surface area contributed by atoms with E-state index in [-0.39, 0.29) is 11.4 Å². The summed E-state index contributed by atoms with van der Waals surface area (Å²) in [6.45, 7) is 5.75. The SMILES string of the molecule is CCOc1c(/C=C2/SC(=O)N(CC(=O)Nc3cccc(C)c3C)C2=O)cccc1OC. The Morgan fingerprint density at radius 2 is 1.90 bits per heavy atom. The van der Waals surface area contributed by atoms with Gasteiger partial charge in [0.05, 0.1) is 18.6 Å². The molecule has 1 fully saturated rings. The number of aryl methyl sites for hydroxylation is 1. The van der Waals surface area contributed by atoms with E-state index in [1.165, 1.54) is 7.11 Å². The molecule has 3 rings (SSSR count). The lowest BCUT2D eigenvalue weighted by molar-refractivity contribution is -0.127. The van der Waals surface area contributed by atoms with Crippen LogP contribution in [0.4, 0.5) is 10.5 Å². The molecule has 2 aromatic carbocycles. The van der Waals surface area contributed by atoms with Gasteiger partial charge in [0.25, 0.3) is 11.1 Å². The van der Waals surface area contributed by atoms with E-state index in [1.54, 1.807) is 30.3 Å². The molecule has 0 radical (unpaired) electrons. The predicted molar refractivity (Wildman–Crippen MR) is 121 cm³/mol. The zero-order valence-corrected chi connectivity index (χ0v) is 18.7.